The van der Waals surface area contributed by atoms with Gasteiger partial charge in [0.15, 0.2) is 0 Å². The van der Waals surface area contributed by atoms with Crippen molar-refractivity contribution in [3.8, 4) is 11.4 Å². The van der Waals surface area contributed by atoms with Crippen LogP contribution in [0.25, 0.3) is 11.4 Å². The molecule has 3 amide bonds. The maximum atomic E-state index is 13.0. The van der Waals surface area contributed by atoms with Gasteiger partial charge in [0.25, 0.3) is 0 Å². The number of anilines is 1. The minimum Gasteiger partial charge on any atom is -0.354 e. The van der Waals surface area contributed by atoms with Crippen molar-refractivity contribution in [3.05, 3.63) is 30.2 Å². The molecule has 35 heavy (non-hydrogen) atoms. The molecule has 1 aromatic heterocycles. The van der Waals surface area contributed by atoms with E-state index in [1.54, 1.807) is 17.0 Å². The third-order valence-corrected chi connectivity index (χ3v) is 6.55. The average molecular weight is 495 g/mol. The molecule has 4 rings (SSSR count). The molecule has 0 bridgehead atoms. The molecule has 1 atom stereocenters. The number of piperidine rings is 2. The third-order valence-electron chi connectivity index (χ3n) is 6.55. The summed E-state index contributed by atoms with van der Waals surface area (Å²) in [7, 11) is 2.05. The van der Waals surface area contributed by atoms with Crippen LogP contribution >= 0.6 is 0 Å². The molecule has 0 aliphatic carbocycles. The summed E-state index contributed by atoms with van der Waals surface area (Å²) in [5, 5.41) is 9.23. The number of carbonyl (C=O) groups excluding carboxylic acids is 2. The van der Waals surface area contributed by atoms with E-state index in [-0.39, 0.29) is 29.7 Å². The van der Waals surface area contributed by atoms with Crippen molar-refractivity contribution in [2.45, 2.75) is 44.3 Å². The first-order chi connectivity index (χ1) is 16.7. The standard InChI is InChI=1S/C23H29F3N6O3/c1-31-12-9-16(10-13-31)20(33)27-14-18-4-2-3-11-32(18)22(34)28-17-7-5-15(6-8-17)19-29-21(35-30-19)23(24,25)26/h5-8,16,18H,2-4,9-14H2,1H3,(H,27,33)(H,28,34). The number of nitrogens with zero attached hydrogens (tertiary/aromatic N) is 4. The topological polar surface area (TPSA) is 104 Å². The van der Waals surface area contributed by atoms with Gasteiger partial charge >= 0.3 is 18.1 Å². The normalized spacial score (nSPS) is 20.0. The zero-order chi connectivity index (χ0) is 25.0. The van der Waals surface area contributed by atoms with Crippen molar-refractivity contribution in [1.82, 2.24) is 25.3 Å². The van der Waals surface area contributed by atoms with E-state index in [0.29, 0.717) is 24.3 Å². The molecular formula is C23H29F3N6O3. The summed E-state index contributed by atoms with van der Waals surface area (Å²) in [4.78, 5) is 32.9. The molecule has 2 aromatic rings. The van der Waals surface area contributed by atoms with E-state index in [1.165, 1.54) is 12.1 Å². The van der Waals surface area contributed by atoms with Crippen LogP contribution in [0.1, 0.15) is 38.0 Å². The number of hydrogen-bond acceptors (Lipinski definition) is 6. The highest BCUT2D eigenvalue weighted by Gasteiger charge is 2.38. The minimum atomic E-state index is -4.71. The van der Waals surface area contributed by atoms with Crippen molar-refractivity contribution in [2.24, 2.45) is 5.92 Å². The molecule has 2 fully saturated rings. The van der Waals surface area contributed by atoms with Gasteiger partial charge in [0, 0.05) is 30.3 Å². The second-order valence-corrected chi connectivity index (χ2v) is 9.09. The third kappa shape index (κ3) is 6.30. The van der Waals surface area contributed by atoms with Gasteiger partial charge in [-0.15, -0.1) is 0 Å². The van der Waals surface area contributed by atoms with Crippen LogP contribution in [0.5, 0.6) is 0 Å². The number of nitrogens with one attached hydrogen (secondary N) is 2. The van der Waals surface area contributed by atoms with Crippen LogP contribution in [-0.4, -0.2) is 71.1 Å². The van der Waals surface area contributed by atoms with Crippen LogP contribution < -0.4 is 10.6 Å². The molecule has 1 unspecified atom stereocenters. The molecule has 0 spiro atoms. The van der Waals surface area contributed by atoms with E-state index in [9.17, 15) is 22.8 Å². The van der Waals surface area contributed by atoms with Crippen molar-refractivity contribution in [3.63, 3.8) is 0 Å². The number of carbonyl (C=O) groups is 2. The Kier molecular flexibility index (Phi) is 7.58. The molecule has 0 radical (unpaired) electrons. The lowest BCUT2D eigenvalue weighted by molar-refractivity contribution is -0.159. The Balaban J connectivity index is 1.32. The van der Waals surface area contributed by atoms with Crippen LogP contribution in [0.3, 0.4) is 0 Å². The first-order valence-electron chi connectivity index (χ1n) is 11.8. The van der Waals surface area contributed by atoms with Crippen LogP contribution in [0.15, 0.2) is 28.8 Å². The number of hydrogen-bond donors (Lipinski definition) is 2. The summed E-state index contributed by atoms with van der Waals surface area (Å²) < 4.78 is 42.3. The fraction of sp³-hybridized carbons (Fsp3) is 0.565. The quantitative estimate of drug-likeness (QED) is 0.659. The number of amides is 3. The van der Waals surface area contributed by atoms with E-state index < -0.39 is 12.1 Å². The average Bonchev–Trinajstić information content (AvgIpc) is 3.35. The van der Waals surface area contributed by atoms with Crippen LogP contribution in [0, 0.1) is 5.92 Å². The Bertz CT molecular complexity index is 1020. The van der Waals surface area contributed by atoms with Gasteiger partial charge in [-0.3, -0.25) is 4.79 Å². The van der Waals surface area contributed by atoms with Crippen LogP contribution in [0.4, 0.5) is 23.7 Å². The second-order valence-electron chi connectivity index (χ2n) is 9.09. The molecule has 190 valence electrons. The molecule has 0 saturated carbocycles. The molecule has 9 nitrogen and oxygen atoms in total. The summed E-state index contributed by atoms with van der Waals surface area (Å²) in [5.41, 5.74) is 0.813. The number of halogens is 3. The Morgan fingerprint density at radius 1 is 1.09 bits per heavy atom. The molecule has 2 N–H and O–H groups in total. The Morgan fingerprint density at radius 2 is 1.80 bits per heavy atom. The lowest BCUT2D eigenvalue weighted by Gasteiger charge is -2.36. The minimum absolute atomic E-state index is 0.0157. The summed E-state index contributed by atoms with van der Waals surface area (Å²) in [6, 6.07) is 5.77. The zero-order valence-electron chi connectivity index (χ0n) is 19.5. The van der Waals surface area contributed by atoms with Gasteiger partial charge in [-0.05, 0) is 76.5 Å². The van der Waals surface area contributed by atoms with Gasteiger partial charge in [0.05, 0.1) is 6.04 Å². The summed E-state index contributed by atoms with van der Waals surface area (Å²) in [6.45, 7) is 2.81. The van der Waals surface area contributed by atoms with Gasteiger partial charge < -0.3 is 25.0 Å². The van der Waals surface area contributed by atoms with Crippen molar-refractivity contribution < 1.29 is 27.3 Å². The van der Waals surface area contributed by atoms with Crippen LogP contribution in [-0.2, 0) is 11.0 Å². The maximum Gasteiger partial charge on any atom is 0.471 e. The number of alkyl halides is 3. The van der Waals surface area contributed by atoms with Crippen molar-refractivity contribution >= 4 is 17.6 Å². The number of benzene rings is 1. The first kappa shape index (κ1) is 25.0. The number of likely N-dealkylation sites (tertiary alicyclic amines) is 2. The van der Waals surface area contributed by atoms with E-state index in [4.69, 9.17) is 0 Å². The van der Waals surface area contributed by atoms with E-state index in [2.05, 4.69) is 37.2 Å². The molecule has 12 heteroatoms. The highest BCUT2D eigenvalue weighted by molar-refractivity contribution is 5.90. The predicted octanol–water partition coefficient (Wildman–Crippen LogP) is 3.60. The van der Waals surface area contributed by atoms with Gasteiger partial charge in [-0.1, -0.05) is 5.16 Å². The molecule has 3 heterocycles. The Hall–Kier alpha value is -3.15. The van der Waals surface area contributed by atoms with E-state index >= 15 is 0 Å². The SMILES string of the molecule is CN1CCC(C(=O)NCC2CCCCN2C(=O)Nc2ccc(-c3noc(C(F)(F)F)n3)cc2)CC1. The van der Waals surface area contributed by atoms with Crippen molar-refractivity contribution in [2.75, 3.05) is 38.5 Å². The number of urea groups is 1. The molecule has 2 saturated heterocycles. The van der Waals surface area contributed by atoms with Gasteiger partial charge in [-0.2, -0.15) is 18.2 Å². The van der Waals surface area contributed by atoms with E-state index in [1.807, 2.05) is 0 Å². The summed E-state index contributed by atoms with van der Waals surface area (Å²) in [5.74, 6) is -1.53. The maximum absolute atomic E-state index is 13.0. The van der Waals surface area contributed by atoms with Crippen molar-refractivity contribution in [1.29, 1.82) is 0 Å². The lowest BCUT2D eigenvalue weighted by atomic mass is 9.96. The van der Waals surface area contributed by atoms with Gasteiger partial charge in [0.2, 0.25) is 11.7 Å². The summed E-state index contributed by atoms with van der Waals surface area (Å²) in [6.07, 6.45) is -0.359. The monoisotopic (exact) mass is 494 g/mol. The molecule has 2 aliphatic rings. The van der Waals surface area contributed by atoms with Gasteiger partial charge in [0.1, 0.15) is 0 Å². The lowest BCUT2D eigenvalue weighted by Crippen LogP contribution is -2.51. The Labute approximate surface area is 201 Å². The van der Waals surface area contributed by atoms with Gasteiger partial charge in [-0.25, -0.2) is 4.79 Å². The first-order valence-corrected chi connectivity index (χ1v) is 11.8. The largest absolute Gasteiger partial charge is 0.471 e. The Morgan fingerprint density at radius 3 is 2.46 bits per heavy atom. The fourth-order valence-electron chi connectivity index (χ4n) is 4.47. The second kappa shape index (κ2) is 10.6. The molecule has 1 aromatic carbocycles. The van der Waals surface area contributed by atoms with Crippen LogP contribution in [0.2, 0.25) is 0 Å². The highest BCUT2D eigenvalue weighted by atomic mass is 19.4. The number of rotatable bonds is 5. The summed E-state index contributed by atoms with van der Waals surface area (Å²) >= 11 is 0. The predicted molar refractivity (Wildman–Crippen MR) is 121 cm³/mol. The highest BCUT2D eigenvalue weighted by Crippen LogP contribution is 2.29. The zero-order valence-corrected chi connectivity index (χ0v) is 19.5. The fourth-order valence-corrected chi connectivity index (χ4v) is 4.47. The van der Waals surface area contributed by atoms with E-state index in [0.717, 1.165) is 45.2 Å². The number of aromatic nitrogens is 2. The molecular weight excluding hydrogens is 465 g/mol. The smallest absolute Gasteiger partial charge is 0.354 e. The molecule has 2 aliphatic heterocycles.